The van der Waals surface area contributed by atoms with Crippen LogP contribution in [0.2, 0.25) is 0 Å². The number of carbonyl (C=O) groups is 1. The Morgan fingerprint density at radius 2 is 1.96 bits per heavy atom. The summed E-state index contributed by atoms with van der Waals surface area (Å²) in [5.41, 5.74) is 1.09. The molecule has 1 aromatic heterocycles. The number of rotatable bonds is 4. The molecule has 128 valence electrons. The Kier molecular flexibility index (Phi) is 4.47. The van der Waals surface area contributed by atoms with Gasteiger partial charge in [0.25, 0.3) is 5.91 Å². The molecule has 1 saturated heterocycles. The number of hydrogen-bond donors (Lipinski definition) is 1. The fraction of sp³-hybridized carbons (Fsp3) is 0.353. The lowest BCUT2D eigenvalue weighted by Crippen LogP contribution is -2.30. The molecule has 2 aromatic rings. The summed E-state index contributed by atoms with van der Waals surface area (Å²) in [4.78, 5) is 14.6. The first-order valence-corrected chi connectivity index (χ1v) is 9.52. The van der Waals surface area contributed by atoms with Crippen molar-refractivity contribution in [2.75, 3.05) is 6.54 Å². The summed E-state index contributed by atoms with van der Waals surface area (Å²) in [5.74, 6) is 1.33. The summed E-state index contributed by atoms with van der Waals surface area (Å²) in [5, 5.41) is 5.04. The molecule has 0 aliphatic carbocycles. The summed E-state index contributed by atoms with van der Waals surface area (Å²) >= 11 is 0. The van der Waals surface area contributed by atoms with Gasteiger partial charge in [0.2, 0.25) is 10.0 Å². The van der Waals surface area contributed by atoms with Gasteiger partial charge in [0.15, 0.2) is 0 Å². The number of primary sulfonamides is 1. The second-order valence-electron chi connectivity index (χ2n) is 6.11. The molecule has 0 radical (unpaired) electrons. The molecular formula is C17H20N2O4S. The van der Waals surface area contributed by atoms with Gasteiger partial charge in [-0.1, -0.05) is 12.1 Å². The molecule has 0 unspecified atom stereocenters. The summed E-state index contributed by atoms with van der Waals surface area (Å²) in [6.07, 6.45) is 1.81. The number of likely N-dealkylation sites (tertiary alicyclic amines) is 1. The van der Waals surface area contributed by atoms with Crippen molar-refractivity contribution >= 4 is 15.9 Å². The molecule has 0 bridgehead atoms. The van der Waals surface area contributed by atoms with E-state index in [1.54, 1.807) is 24.3 Å². The van der Waals surface area contributed by atoms with Crippen LogP contribution >= 0.6 is 0 Å². The van der Waals surface area contributed by atoms with Crippen LogP contribution in [0, 0.1) is 6.92 Å². The van der Waals surface area contributed by atoms with Gasteiger partial charge in [-0.05, 0) is 49.6 Å². The van der Waals surface area contributed by atoms with Crippen molar-refractivity contribution in [2.24, 2.45) is 5.14 Å². The van der Waals surface area contributed by atoms with E-state index >= 15 is 0 Å². The van der Waals surface area contributed by atoms with E-state index in [-0.39, 0.29) is 17.7 Å². The molecule has 1 aliphatic rings. The number of aryl methyl sites for hydroxylation is 1. The van der Waals surface area contributed by atoms with Gasteiger partial charge in [0.05, 0.1) is 11.8 Å². The first-order chi connectivity index (χ1) is 11.3. The highest BCUT2D eigenvalue weighted by molar-refractivity contribution is 7.88. The van der Waals surface area contributed by atoms with E-state index in [9.17, 15) is 13.2 Å². The Morgan fingerprint density at radius 3 is 2.54 bits per heavy atom. The van der Waals surface area contributed by atoms with E-state index in [1.165, 1.54) is 0 Å². The summed E-state index contributed by atoms with van der Waals surface area (Å²) in [7, 11) is -3.58. The third kappa shape index (κ3) is 3.68. The quantitative estimate of drug-likeness (QED) is 0.918. The van der Waals surface area contributed by atoms with Crippen molar-refractivity contribution in [2.45, 2.75) is 31.6 Å². The fourth-order valence-electron chi connectivity index (χ4n) is 3.08. The second kappa shape index (κ2) is 6.41. The zero-order valence-corrected chi connectivity index (χ0v) is 14.3. The lowest BCUT2D eigenvalue weighted by atomic mass is 10.1. The normalized spacial score (nSPS) is 18.1. The number of hydrogen-bond acceptors (Lipinski definition) is 4. The van der Waals surface area contributed by atoms with Crippen LogP contribution in [0.3, 0.4) is 0 Å². The lowest BCUT2D eigenvalue weighted by molar-refractivity contribution is 0.0719. The number of furan rings is 1. The summed E-state index contributed by atoms with van der Waals surface area (Å²) < 4.78 is 27.9. The summed E-state index contributed by atoms with van der Waals surface area (Å²) in [6, 6.07) is 10.3. The highest BCUT2D eigenvalue weighted by atomic mass is 32.2. The lowest BCUT2D eigenvalue weighted by Gasteiger charge is -2.23. The Labute approximate surface area is 141 Å². The Bertz CT molecular complexity index is 840. The molecule has 2 N–H and O–H groups in total. The van der Waals surface area contributed by atoms with Crippen molar-refractivity contribution in [3.05, 3.63) is 59.0 Å². The predicted octanol–water partition coefficient (Wildman–Crippen LogP) is 2.35. The first kappa shape index (κ1) is 16.7. The molecule has 1 amide bonds. The molecule has 1 atom stereocenters. The monoisotopic (exact) mass is 348 g/mol. The van der Waals surface area contributed by atoms with E-state index < -0.39 is 10.0 Å². The van der Waals surface area contributed by atoms with Crippen LogP contribution in [-0.2, 0) is 15.8 Å². The number of carbonyl (C=O) groups excluding carboxylic acids is 1. The van der Waals surface area contributed by atoms with Gasteiger partial charge in [-0.2, -0.15) is 0 Å². The van der Waals surface area contributed by atoms with E-state index in [0.717, 1.165) is 24.4 Å². The van der Waals surface area contributed by atoms with Crippen LogP contribution in [0.15, 0.2) is 40.8 Å². The highest BCUT2D eigenvalue weighted by Crippen LogP contribution is 2.34. The van der Waals surface area contributed by atoms with Gasteiger partial charge in [0.1, 0.15) is 11.5 Å². The smallest absolute Gasteiger partial charge is 0.254 e. The Hall–Kier alpha value is -2.12. The van der Waals surface area contributed by atoms with Crippen LogP contribution in [0.4, 0.5) is 0 Å². The fourth-order valence-corrected chi connectivity index (χ4v) is 3.74. The Morgan fingerprint density at radius 1 is 1.25 bits per heavy atom. The van der Waals surface area contributed by atoms with Gasteiger partial charge in [0, 0.05) is 12.1 Å². The molecule has 2 heterocycles. The van der Waals surface area contributed by atoms with Crippen LogP contribution in [0.5, 0.6) is 0 Å². The number of sulfonamides is 1. The number of nitrogens with zero attached hydrogens (tertiary/aromatic N) is 1. The SMILES string of the molecule is Cc1ccc([C@H]2CCCN2C(=O)c2ccc(CS(N)(=O)=O)cc2)o1. The Balaban J connectivity index is 1.78. The highest BCUT2D eigenvalue weighted by Gasteiger charge is 2.32. The number of nitrogens with two attached hydrogens (primary N) is 1. The third-order valence-electron chi connectivity index (χ3n) is 4.17. The van der Waals surface area contributed by atoms with Gasteiger partial charge >= 0.3 is 0 Å². The molecule has 6 nitrogen and oxygen atoms in total. The van der Waals surface area contributed by atoms with Crippen LogP contribution in [0.25, 0.3) is 0 Å². The second-order valence-corrected chi connectivity index (χ2v) is 7.72. The van der Waals surface area contributed by atoms with Gasteiger partial charge < -0.3 is 9.32 Å². The molecule has 7 heteroatoms. The average Bonchev–Trinajstić information content (AvgIpc) is 3.14. The number of benzene rings is 1. The van der Waals surface area contributed by atoms with Crippen molar-refractivity contribution in [1.29, 1.82) is 0 Å². The van der Waals surface area contributed by atoms with E-state index in [4.69, 9.17) is 9.56 Å². The zero-order chi connectivity index (χ0) is 17.3. The average molecular weight is 348 g/mol. The van der Waals surface area contributed by atoms with Crippen molar-refractivity contribution in [1.82, 2.24) is 4.90 Å². The van der Waals surface area contributed by atoms with E-state index in [0.29, 0.717) is 17.7 Å². The molecule has 3 rings (SSSR count). The maximum Gasteiger partial charge on any atom is 0.254 e. The molecule has 1 aromatic carbocycles. The van der Waals surface area contributed by atoms with Gasteiger partial charge in [-0.25, -0.2) is 13.6 Å². The molecule has 1 aliphatic heterocycles. The maximum atomic E-state index is 12.8. The van der Waals surface area contributed by atoms with E-state index in [2.05, 4.69) is 0 Å². The van der Waals surface area contributed by atoms with Crippen molar-refractivity contribution in [3.8, 4) is 0 Å². The first-order valence-electron chi connectivity index (χ1n) is 7.80. The maximum absolute atomic E-state index is 12.8. The van der Waals surface area contributed by atoms with Crippen molar-refractivity contribution < 1.29 is 17.6 Å². The molecule has 0 saturated carbocycles. The minimum atomic E-state index is -3.58. The third-order valence-corrected chi connectivity index (χ3v) is 4.91. The number of amides is 1. The summed E-state index contributed by atoms with van der Waals surface area (Å²) in [6.45, 7) is 2.57. The van der Waals surface area contributed by atoms with Gasteiger partial charge in [-0.15, -0.1) is 0 Å². The topological polar surface area (TPSA) is 93.6 Å². The van der Waals surface area contributed by atoms with Crippen LogP contribution in [-0.4, -0.2) is 25.8 Å². The van der Waals surface area contributed by atoms with Crippen LogP contribution < -0.4 is 5.14 Å². The van der Waals surface area contributed by atoms with E-state index in [1.807, 2.05) is 24.0 Å². The predicted molar refractivity (Wildman–Crippen MR) is 89.7 cm³/mol. The minimum Gasteiger partial charge on any atom is -0.464 e. The van der Waals surface area contributed by atoms with Gasteiger partial charge in [-0.3, -0.25) is 4.79 Å². The molecule has 0 spiro atoms. The molecule has 1 fully saturated rings. The zero-order valence-electron chi connectivity index (χ0n) is 13.4. The largest absolute Gasteiger partial charge is 0.464 e. The van der Waals surface area contributed by atoms with Crippen molar-refractivity contribution in [3.63, 3.8) is 0 Å². The molecule has 24 heavy (non-hydrogen) atoms. The minimum absolute atomic E-state index is 0.0460. The molecular weight excluding hydrogens is 328 g/mol. The van der Waals surface area contributed by atoms with Crippen LogP contribution in [0.1, 0.15) is 46.3 Å². The standard InChI is InChI=1S/C17H20N2O4S/c1-12-4-9-16(23-12)15-3-2-10-19(15)17(20)14-7-5-13(6-8-14)11-24(18,21)22/h4-9,15H,2-3,10-11H2,1H3,(H2,18,21,22)/t15-/m1/s1.